The van der Waals surface area contributed by atoms with Gasteiger partial charge in [-0.25, -0.2) is 9.97 Å². The number of hydrogen-bond acceptors (Lipinski definition) is 2. The van der Waals surface area contributed by atoms with Gasteiger partial charge in [0, 0.05) is 10.9 Å². The Morgan fingerprint density at radius 2 is 2.17 bits per heavy atom. The van der Waals surface area contributed by atoms with Crippen LogP contribution >= 0.6 is 0 Å². The van der Waals surface area contributed by atoms with Crippen molar-refractivity contribution in [2.75, 3.05) is 0 Å². The van der Waals surface area contributed by atoms with Crippen molar-refractivity contribution in [3.63, 3.8) is 0 Å². The summed E-state index contributed by atoms with van der Waals surface area (Å²) in [4.78, 5) is 8.11. The third-order valence-electron chi connectivity index (χ3n) is 1.82. The zero-order chi connectivity index (χ0) is 9.14. The maximum absolute atomic E-state index is 4.09. The summed E-state index contributed by atoms with van der Waals surface area (Å²) in [5, 5.41) is 1.77. The Balaban J connectivity index is 3.74. The van der Waals surface area contributed by atoms with E-state index in [1.807, 2.05) is 13.8 Å². The van der Waals surface area contributed by atoms with Crippen LogP contribution < -0.4 is 10.6 Å². The second-order valence-corrected chi connectivity index (χ2v) is 2.67. The van der Waals surface area contributed by atoms with Crippen LogP contribution in [0.1, 0.15) is 12.6 Å². The molecular formula is C10H12N2. The highest BCUT2D eigenvalue weighted by molar-refractivity contribution is 5.53. The van der Waals surface area contributed by atoms with Crippen molar-refractivity contribution in [2.24, 2.45) is 0 Å². The molecule has 0 aliphatic heterocycles. The summed E-state index contributed by atoms with van der Waals surface area (Å²) in [5.41, 5.74) is 2.02. The van der Waals surface area contributed by atoms with E-state index in [2.05, 4.69) is 23.1 Å². The second kappa shape index (κ2) is 3.30. The molecule has 0 fully saturated rings. The average molecular weight is 160 g/mol. The van der Waals surface area contributed by atoms with E-state index in [-0.39, 0.29) is 0 Å². The van der Waals surface area contributed by atoms with Gasteiger partial charge in [0.2, 0.25) is 0 Å². The first-order valence-corrected chi connectivity index (χ1v) is 3.76. The van der Waals surface area contributed by atoms with Crippen LogP contribution in [0.4, 0.5) is 0 Å². The molecule has 1 rings (SSSR count). The quantitative estimate of drug-likeness (QED) is 0.599. The van der Waals surface area contributed by atoms with Crippen molar-refractivity contribution in [2.45, 2.75) is 13.8 Å². The van der Waals surface area contributed by atoms with E-state index in [0.717, 1.165) is 21.8 Å². The minimum atomic E-state index is 0.764. The lowest BCUT2D eigenvalue weighted by molar-refractivity contribution is 1.04. The Labute approximate surface area is 72.0 Å². The molecular weight excluding hydrogens is 148 g/mol. The van der Waals surface area contributed by atoms with Gasteiger partial charge in [-0.15, -0.1) is 0 Å². The number of allylic oxidation sites excluding steroid dienone is 1. The third kappa shape index (κ3) is 1.42. The van der Waals surface area contributed by atoms with Crippen molar-refractivity contribution >= 4 is 12.2 Å². The molecule has 0 unspecified atom stereocenters. The molecule has 0 aromatic carbocycles. The Morgan fingerprint density at radius 1 is 1.50 bits per heavy atom. The summed E-state index contributed by atoms with van der Waals surface area (Å²) in [6.45, 7) is 11.5. The maximum Gasteiger partial charge on any atom is 0.116 e. The number of aryl methyl sites for hydroxylation is 1. The molecule has 1 aromatic rings. The van der Waals surface area contributed by atoms with Gasteiger partial charge in [0.1, 0.15) is 6.33 Å². The topological polar surface area (TPSA) is 25.8 Å². The van der Waals surface area contributed by atoms with Crippen molar-refractivity contribution in [1.29, 1.82) is 0 Å². The molecule has 12 heavy (non-hydrogen) atoms. The van der Waals surface area contributed by atoms with Crippen LogP contribution in [0.2, 0.25) is 0 Å². The molecule has 0 aliphatic rings. The molecule has 0 radical (unpaired) electrons. The van der Waals surface area contributed by atoms with Gasteiger partial charge in [-0.1, -0.05) is 19.2 Å². The molecule has 0 spiro atoms. The van der Waals surface area contributed by atoms with Crippen molar-refractivity contribution in [3.05, 3.63) is 35.2 Å². The highest BCUT2D eigenvalue weighted by atomic mass is 14.8. The van der Waals surface area contributed by atoms with Crippen LogP contribution in [0.15, 0.2) is 19.0 Å². The first-order chi connectivity index (χ1) is 5.66. The van der Waals surface area contributed by atoms with E-state index < -0.39 is 0 Å². The summed E-state index contributed by atoms with van der Waals surface area (Å²) in [7, 11) is 0. The molecule has 1 aromatic heterocycles. The first kappa shape index (κ1) is 8.65. The number of rotatable bonds is 1. The maximum atomic E-state index is 4.09. The van der Waals surface area contributed by atoms with E-state index in [1.54, 1.807) is 6.08 Å². The Hall–Kier alpha value is -1.44. The molecule has 0 N–H and O–H groups in total. The fraction of sp³-hybridized carbons (Fsp3) is 0.200. The molecule has 0 aliphatic carbocycles. The van der Waals surface area contributed by atoms with E-state index in [9.17, 15) is 0 Å². The number of hydrogen-bond donors (Lipinski definition) is 0. The van der Waals surface area contributed by atoms with Gasteiger partial charge in [0.05, 0.1) is 5.35 Å². The number of aromatic nitrogens is 2. The lowest BCUT2D eigenvalue weighted by Crippen LogP contribution is -2.31. The van der Waals surface area contributed by atoms with Crippen LogP contribution in [0.25, 0.3) is 12.2 Å². The normalized spacial score (nSPS) is 12.5. The molecule has 0 bridgehead atoms. The van der Waals surface area contributed by atoms with E-state index in [0.29, 0.717) is 0 Å². The lowest BCUT2D eigenvalue weighted by Gasteiger charge is -1.96. The fourth-order valence-electron chi connectivity index (χ4n) is 1.14. The molecule has 62 valence electrons. The molecule has 1 heterocycles. The monoisotopic (exact) mass is 160 g/mol. The molecule has 2 heteroatoms. The van der Waals surface area contributed by atoms with Gasteiger partial charge in [-0.3, -0.25) is 0 Å². The zero-order valence-electron chi connectivity index (χ0n) is 7.46. The first-order valence-electron chi connectivity index (χ1n) is 3.76. The van der Waals surface area contributed by atoms with Gasteiger partial charge >= 0.3 is 0 Å². The molecule has 0 saturated heterocycles. The van der Waals surface area contributed by atoms with Gasteiger partial charge in [-0.05, 0) is 19.4 Å². The van der Waals surface area contributed by atoms with Crippen LogP contribution in [-0.4, -0.2) is 9.97 Å². The van der Waals surface area contributed by atoms with Gasteiger partial charge in [0.15, 0.2) is 0 Å². The van der Waals surface area contributed by atoms with Crippen LogP contribution in [0.3, 0.4) is 0 Å². The molecule has 0 atom stereocenters. The summed E-state index contributed by atoms with van der Waals surface area (Å²) >= 11 is 0. The summed E-state index contributed by atoms with van der Waals surface area (Å²) < 4.78 is 0. The van der Waals surface area contributed by atoms with Crippen LogP contribution in [0.5, 0.6) is 0 Å². The van der Waals surface area contributed by atoms with E-state index in [4.69, 9.17) is 0 Å². The Bertz CT molecular complexity index is 404. The van der Waals surface area contributed by atoms with E-state index >= 15 is 0 Å². The average Bonchev–Trinajstić information content (AvgIpc) is 2.03. The zero-order valence-corrected chi connectivity index (χ0v) is 7.46. The van der Waals surface area contributed by atoms with Crippen molar-refractivity contribution < 1.29 is 0 Å². The number of nitrogens with zero attached hydrogens (tertiary/aromatic N) is 2. The SMILES string of the molecule is C=C/C(C)=c1\c(C)ncnc1=C. The summed E-state index contributed by atoms with van der Waals surface area (Å²) in [6.07, 6.45) is 3.32. The standard InChI is InChI=1S/C10H12N2/c1-5-7(2)10-8(3)11-6-12-9(10)4/h5-6H,1,3H2,2,4H3/b10-7-. The Morgan fingerprint density at radius 3 is 2.67 bits per heavy atom. The summed E-state index contributed by atoms with van der Waals surface area (Å²) in [6, 6.07) is 0. The summed E-state index contributed by atoms with van der Waals surface area (Å²) in [5.74, 6) is 0. The van der Waals surface area contributed by atoms with E-state index in [1.165, 1.54) is 6.33 Å². The van der Waals surface area contributed by atoms with Crippen molar-refractivity contribution in [3.8, 4) is 0 Å². The van der Waals surface area contributed by atoms with Gasteiger partial charge in [0.25, 0.3) is 0 Å². The highest BCUT2D eigenvalue weighted by Crippen LogP contribution is 1.89. The van der Waals surface area contributed by atoms with Crippen LogP contribution in [0, 0.1) is 6.92 Å². The predicted octanol–water partition coefficient (Wildman–Crippen LogP) is 0.552. The smallest absolute Gasteiger partial charge is 0.116 e. The van der Waals surface area contributed by atoms with Gasteiger partial charge in [-0.2, -0.15) is 0 Å². The molecule has 2 nitrogen and oxygen atoms in total. The highest BCUT2D eigenvalue weighted by Gasteiger charge is 1.93. The third-order valence-corrected chi connectivity index (χ3v) is 1.82. The van der Waals surface area contributed by atoms with Crippen molar-refractivity contribution in [1.82, 2.24) is 9.97 Å². The lowest BCUT2D eigenvalue weighted by atomic mass is 10.2. The minimum absolute atomic E-state index is 0.764. The van der Waals surface area contributed by atoms with Crippen LogP contribution in [-0.2, 0) is 0 Å². The Kier molecular flexibility index (Phi) is 2.38. The molecule has 0 amide bonds. The van der Waals surface area contributed by atoms with Gasteiger partial charge < -0.3 is 0 Å². The predicted molar refractivity (Wildman–Crippen MR) is 50.8 cm³/mol. The minimum Gasteiger partial charge on any atom is -0.241 e. The largest absolute Gasteiger partial charge is 0.241 e. The fourth-order valence-corrected chi connectivity index (χ4v) is 1.14. The second-order valence-electron chi connectivity index (χ2n) is 2.67. The molecule has 0 saturated carbocycles.